The molecule has 1 aromatic carbocycles. The molecule has 0 unspecified atom stereocenters. The zero-order chi connectivity index (χ0) is 21.1. The van der Waals surface area contributed by atoms with Crippen LogP contribution in [-0.2, 0) is 23.9 Å². The van der Waals surface area contributed by atoms with Crippen molar-refractivity contribution in [3.8, 4) is 0 Å². The van der Waals surface area contributed by atoms with Crippen LogP contribution in [-0.4, -0.2) is 54.0 Å². The standard InChI is InChI=1S/C21H30O5SeSi/c1-7-25-19(23)21(20(24)26-8-2)16(14(3)22)17(21)18(28(4,5)6)27-15-12-10-9-11-13-15/h9-13,16-18H,7-8H2,1-6H3/t16-,17-,18-/m1/s1. The van der Waals surface area contributed by atoms with Crippen molar-refractivity contribution in [1.82, 2.24) is 0 Å². The first-order chi connectivity index (χ1) is 13.1. The summed E-state index contributed by atoms with van der Waals surface area (Å²) < 4.78 is 11.9. The van der Waals surface area contributed by atoms with Crippen LogP contribution in [0.25, 0.3) is 0 Å². The molecule has 1 aromatic rings. The molecule has 1 aliphatic carbocycles. The number of carbonyl (C=O) groups excluding carboxylic acids is 3. The number of Topliss-reactive ketones (excluding diaryl/α,β-unsaturated/α-hetero) is 1. The second-order valence-corrected chi connectivity index (χ2v) is 17.0. The second-order valence-electron chi connectivity index (χ2n) is 8.14. The number of ether oxygens (including phenoxy) is 2. The fourth-order valence-electron chi connectivity index (χ4n) is 3.95. The van der Waals surface area contributed by atoms with Gasteiger partial charge in [0.15, 0.2) is 0 Å². The molecule has 1 fully saturated rings. The van der Waals surface area contributed by atoms with Crippen LogP contribution >= 0.6 is 0 Å². The Morgan fingerprint density at radius 3 is 1.93 bits per heavy atom. The Morgan fingerprint density at radius 2 is 1.54 bits per heavy atom. The Kier molecular flexibility index (Phi) is 7.29. The Balaban J connectivity index is 2.53. The Morgan fingerprint density at radius 1 is 1.04 bits per heavy atom. The second kappa shape index (κ2) is 8.93. The Bertz CT molecular complexity index is 710. The van der Waals surface area contributed by atoms with Crippen LogP contribution in [0.1, 0.15) is 20.8 Å². The summed E-state index contributed by atoms with van der Waals surface area (Å²) >= 11 is 0.0326. The van der Waals surface area contributed by atoms with E-state index in [1.54, 1.807) is 13.8 Å². The molecular weight excluding hydrogens is 439 g/mol. The van der Waals surface area contributed by atoms with E-state index in [9.17, 15) is 14.4 Å². The van der Waals surface area contributed by atoms with E-state index in [1.165, 1.54) is 11.4 Å². The van der Waals surface area contributed by atoms with E-state index in [0.717, 1.165) is 0 Å². The Labute approximate surface area is 174 Å². The average molecular weight is 470 g/mol. The van der Waals surface area contributed by atoms with Gasteiger partial charge in [0.25, 0.3) is 0 Å². The summed E-state index contributed by atoms with van der Waals surface area (Å²) in [5, 5.41) is 0. The fraction of sp³-hybridized carbons (Fsp3) is 0.571. The van der Waals surface area contributed by atoms with Gasteiger partial charge in [-0.2, -0.15) is 0 Å². The van der Waals surface area contributed by atoms with Gasteiger partial charge in [0.2, 0.25) is 0 Å². The molecule has 0 saturated heterocycles. The van der Waals surface area contributed by atoms with Gasteiger partial charge < -0.3 is 0 Å². The molecule has 5 nitrogen and oxygen atoms in total. The van der Waals surface area contributed by atoms with Gasteiger partial charge in [-0.05, 0) is 0 Å². The number of benzene rings is 1. The van der Waals surface area contributed by atoms with Gasteiger partial charge in [0, 0.05) is 0 Å². The molecular formula is C21H30O5SeSi. The summed E-state index contributed by atoms with van der Waals surface area (Å²) in [7, 11) is -1.82. The van der Waals surface area contributed by atoms with E-state index < -0.39 is 31.3 Å². The van der Waals surface area contributed by atoms with Crippen molar-refractivity contribution >= 4 is 45.2 Å². The molecule has 0 radical (unpaired) electrons. The molecule has 0 aromatic heterocycles. The van der Waals surface area contributed by atoms with Gasteiger partial charge >= 0.3 is 175 Å². The van der Waals surface area contributed by atoms with Crippen molar-refractivity contribution < 1.29 is 23.9 Å². The summed E-state index contributed by atoms with van der Waals surface area (Å²) in [6, 6.07) is 10.1. The van der Waals surface area contributed by atoms with Crippen LogP contribution < -0.4 is 4.46 Å². The van der Waals surface area contributed by atoms with Crippen molar-refractivity contribution in [2.45, 2.75) is 44.9 Å². The normalized spacial score (nSPS) is 21.5. The molecule has 28 heavy (non-hydrogen) atoms. The maximum atomic E-state index is 13.0. The third kappa shape index (κ3) is 4.26. The summed E-state index contributed by atoms with van der Waals surface area (Å²) in [5.41, 5.74) is -1.49. The van der Waals surface area contributed by atoms with E-state index in [-0.39, 0.29) is 44.3 Å². The fourth-order valence-corrected chi connectivity index (χ4v) is 11.1. The van der Waals surface area contributed by atoms with Gasteiger partial charge in [-0.25, -0.2) is 0 Å². The molecule has 0 amide bonds. The SMILES string of the molecule is CCOC(=O)C1(C(=O)OCC)[C@@H]([C@H]([Se]c2ccccc2)[Si](C)(C)C)[C@H]1C(C)=O. The Hall–Kier alpha value is -1.43. The van der Waals surface area contributed by atoms with E-state index in [0.29, 0.717) is 0 Å². The zero-order valence-corrected chi connectivity index (χ0v) is 20.2. The van der Waals surface area contributed by atoms with Crippen molar-refractivity contribution in [2.75, 3.05) is 13.2 Å². The van der Waals surface area contributed by atoms with E-state index >= 15 is 0 Å². The molecule has 0 N–H and O–H groups in total. The van der Waals surface area contributed by atoms with Gasteiger partial charge in [-0.15, -0.1) is 0 Å². The van der Waals surface area contributed by atoms with Crippen LogP contribution in [0.2, 0.25) is 24.1 Å². The topological polar surface area (TPSA) is 69.7 Å². The third-order valence-corrected chi connectivity index (χ3v) is 14.5. The predicted octanol–water partition coefficient (Wildman–Crippen LogP) is 2.63. The van der Waals surface area contributed by atoms with Crippen LogP contribution in [0.5, 0.6) is 0 Å². The van der Waals surface area contributed by atoms with Gasteiger partial charge in [0.1, 0.15) is 0 Å². The summed E-state index contributed by atoms with van der Waals surface area (Å²) in [5.74, 6) is -2.36. The maximum absolute atomic E-state index is 13.0. The number of carbonyl (C=O) groups is 3. The van der Waals surface area contributed by atoms with E-state index in [1.807, 2.05) is 18.2 Å². The zero-order valence-electron chi connectivity index (χ0n) is 17.5. The summed E-state index contributed by atoms with van der Waals surface area (Å²) in [6.07, 6.45) is 0. The minimum absolute atomic E-state index is 0.0326. The average Bonchev–Trinajstić information content (AvgIpc) is 3.31. The van der Waals surface area contributed by atoms with Crippen molar-refractivity contribution in [3.63, 3.8) is 0 Å². The van der Waals surface area contributed by atoms with E-state index in [2.05, 4.69) is 31.8 Å². The van der Waals surface area contributed by atoms with Gasteiger partial charge in [0.05, 0.1) is 0 Å². The molecule has 1 aliphatic rings. The first-order valence-electron chi connectivity index (χ1n) is 9.68. The summed E-state index contributed by atoms with van der Waals surface area (Å²) in [6.45, 7) is 11.9. The van der Waals surface area contributed by atoms with E-state index in [4.69, 9.17) is 9.47 Å². The van der Waals surface area contributed by atoms with Crippen LogP contribution in [0.3, 0.4) is 0 Å². The molecule has 1 saturated carbocycles. The van der Waals surface area contributed by atoms with Crippen LogP contribution in [0, 0.1) is 17.3 Å². The number of hydrogen-bond donors (Lipinski definition) is 0. The molecule has 0 spiro atoms. The minimum atomic E-state index is -1.82. The monoisotopic (exact) mass is 470 g/mol. The first-order valence-corrected chi connectivity index (χ1v) is 15.1. The number of rotatable bonds is 9. The molecule has 2 rings (SSSR count). The number of ketones is 1. The van der Waals surface area contributed by atoms with Gasteiger partial charge in [-0.1, -0.05) is 0 Å². The molecule has 154 valence electrons. The molecule has 3 atom stereocenters. The number of esters is 2. The third-order valence-electron chi connectivity index (χ3n) is 5.12. The summed E-state index contributed by atoms with van der Waals surface area (Å²) in [4.78, 5) is 38.5. The molecule has 7 heteroatoms. The van der Waals surface area contributed by atoms with Crippen molar-refractivity contribution in [2.24, 2.45) is 17.3 Å². The van der Waals surface area contributed by atoms with Crippen molar-refractivity contribution in [3.05, 3.63) is 30.3 Å². The molecule has 0 aliphatic heterocycles. The van der Waals surface area contributed by atoms with Gasteiger partial charge in [-0.3, -0.25) is 0 Å². The first kappa shape index (κ1) is 22.9. The quantitative estimate of drug-likeness (QED) is 0.316. The van der Waals surface area contributed by atoms with Crippen LogP contribution in [0.15, 0.2) is 30.3 Å². The molecule has 0 heterocycles. The molecule has 0 bridgehead atoms. The predicted molar refractivity (Wildman–Crippen MR) is 112 cm³/mol. The van der Waals surface area contributed by atoms with Crippen LogP contribution in [0.4, 0.5) is 0 Å². The van der Waals surface area contributed by atoms with Crippen molar-refractivity contribution in [1.29, 1.82) is 0 Å². The number of hydrogen-bond acceptors (Lipinski definition) is 5.